The summed E-state index contributed by atoms with van der Waals surface area (Å²) in [5.41, 5.74) is 1.08. The molecule has 3 saturated heterocycles. The van der Waals surface area contributed by atoms with Crippen molar-refractivity contribution in [3.63, 3.8) is 0 Å². The molecule has 9 nitrogen and oxygen atoms in total. The molecule has 0 spiro atoms. The van der Waals surface area contributed by atoms with Crippen LogP contribution in [-0.2, 0) is 4.74 Å². The first-order valence-electron chi connectivity index (χ1n) is 14.6. The zero-order valence-electron chi connectivity index (χ0n) is 24.8. The number of nitrogens with zero attached hydrogens (tertiary/aromatic N) is 3. The number of ether oxygens (including phenoxy) is 2. The van der Waals surface area contributed by atoms with E-state index in [1.54, 1.807) is 34.8 Å². The molecule has 6 rings (SSSR count). The normalized spacial score (nSPS) is 22.5. The standard InChI is InChI=1S/C31H35F3N6O3Se/c1-30(17-43-18-30)37-29(41)19-9-14-26(42-3)23(16-19)35-15-5-6-22-28(44-31(32,33)34)25-7-4-8-27(40(25)38-22)36-21-12-10-20-11-13-24(21)39(20)2/h4,7-9,14,16,20-21,24,35-36H,10-13,15,17-18H2,1-3H3,(H,37,41)/t20-,21-,24-/m1/s1. The molecule has 1 amide bonds. The molecule has 3 atom stereocenters. The fourth-order valence-corrected chi connectivity index (χ4v) is 7.76. The van der Waals surface area contributed by atoms with E-state index in [0.717, 1.165) is 19.3 Å². The van der Waals surface area contributed by atoms with Crippen molar-refractivity contribution in [1.82, 2.24) is 19.8 Å². The van der Waals surface area contributed by atoms with Crippen molar-refractivity contribution in [2.75, 3.05) is 44.5 Å². The molecule has 3 aliphatic rings. The number of anilines is 2. The third kappa shape index (κ3) is 6.35. The minimum atomic E-state index is -4.36. The van der Waals surface area contributed by atoms with Crippen LogP contribution in [-0.4, -0.2) is 98.0 Å². The second-order valence-corrected chi connectivity index (χ2v) is 14.1. The molecule has 44 heavy (non-hydrogen) atoms. The van der Waals surface area contributed by atoms with Gasteiger partial charge < -0.3 is 4.74 Å². The molecule has 1 aromatic carbocycles. The topological polar surface area (TPSA) is 92.2 Å². The Balaban J connectivity index is 1.23. The average molecular weight is 676 g/mol. The fourth-order valence-electron chi connectivity index (χ4n) is 6.33. The number of carbonyl (C=O) groups is 1. The number of alkyl halides is 3. The van der Waals surface area contributed by atoms with Gasteiger partial charge in [-0.1, -0.05) is 0 Å². The summed E-state index contributed by atoms with van der Waals surface area (Å²) in [5.74, 6) is 6.74. The summed E-state index contributed by atoms with van der Waals surface area (Å²) in [6.45, 7) is 2.92. The molecule has 0 aliphatic carbocycles. The van der Waals surface area contributed by atoms with E-state index >= 15 is 0 Å². The molecule has 0 unspecified atom stereocenters. The summed E-state index contributed by atoms with van der Waals surface area (Å²) >= 11 is -1.83. The van der Waals surface area contributed by atoms with E-state index < -0.39 is 25.6 Å². The number of carbonyl (C=O) groups excluding carboxylic acids is 1. The number of hydrogen-bond acceptors (Lipinski definition) is 7. The maximum atomic E-state index is 13.7. The Labute approximate surface area is 260 Å². The van der Waals surface area contributed by atoms with E-state index in [4.69, 9.17) is 9.47 Å². The van der Waals surface area contributed by atoms with E-state index in [1.165, 1.54) is 13.5 Å². The van der Waals surface area contributed by atoms with E-state index in [-0.39, 0.29) is 28.6 Å². The Kier molecular flexibility index (Phi) is 8.46. The Morgan fingerprint density at radius 1 is 1.20 bits per heavy atom. The van der Waals surface area contributed by atoms with Crippen LogP contribution in [0, 0.1) is 11.8 Å². The number of halogens is 3. The molecule has 3 aromatic rings. The molecule has 13 heteroatoms. The van der Waals surface area contributed by atoms with Crippen molar-refractivity contribution < 1.29 is 27.4 Å². The van der Waals surface area contributed by atoms with Crippen LogP contribution in [0.1, 0.15) is 48.7 Å². The maximum absolute atomic E-state index is 13.7. The van der Waals surface area contributed by atoms with E-state index in [1.807, 2.05) is 13.0 Å². The molecular weight excluding hydrogens is 640 g/mol. The first kappa shape index (κ1) is 30.6. The molecular formula is C31H35F3N6O3Se. The van der Waals surface area contributed by atoms with Crippen LogP contribution >= 0.6 is 0 Å². The summed E-state index contributed by atoms with van der Waals surface area (Å²) < 4.78 is 53.5. The van der Waals surface area contributed by atoms with Gasteiger partial charge in [0, 0.05) is 0 Å². The first-order chi connectivity index (χ1) is 21.0. The van der Waals surface area contributed by atoms with Gasteiger partial charge in [0.25, 0.3) is 0 Å². The summed E-state index contributed by atoms with van der Waals surface area (Å²) in [6, 6.07) is 11.5. The van der Waals surface area contributed by atoms with Crippen LogP contribution in [0.4, 0.5) is 24.7 Å². The Hall–Kier alpha value is -3.43. The number of methoxy groups -OCH3 is 1. The molecule has 0 radical (unpaired) electrons. The van der Waals surface area contributed by atoms with Gasteiger partial charge in [-0.15, -0.1) is 0 Å². The molecule has 3 N–H and O–H groups in total. The van der Waals surface area contributed by atoms with Crippen molar-refractivity contribution in [2.45, 2.75) is 61.3 Å². The molecule has 2 bridgehead atoms. The number of fused-ring (bicyclic) bond motifs is 3. The van der Waals surface area contributed by atoms with E-state index in [2.05, 4.69) is 44.8 Å². The van der Waals surface area contributed by atoms with Crippen LogP contribution in [0.2, 0.25) is 0 Å². The Morgan fingerprint density at radius 2 is 2.00 bits per heavy atom. The summed E-state index contributed by atoms with van der Waals surface area (Å²) in [5, 5.41) is 9.91. The van der Waals surface area contributed by atoms with Crippen LogP contribution in [0.3, 0.4) is 0 Å². The van der Waals surface area contributed by atoms with Crippen LogP contribution in [0.15, 0.2) is 36.4 Å². The molecule has 3 aliphatic heterocycles. The number of aromatic nitrogens is 2. The van der Waals surface area contributed by atoms with Gasteiger partial charge in [0.15, 0.2) is 0 Å². The Morgan fingerprint density at radius 3 is 2.73 bits per heavy atom. The number of hydrogen-bond donors (Lipinski definition) is 3. The van der Waals surface area contributed by atoms with E-state index in [9.17, 15) is 18.0 Å². The van der Waals surface area contributed by atoms with Gasteiger partial charge in [0.1, 0.15) is 0 Å². The fraction of sp³-hybridized carbons (Fsp3) is 0.484. The number of amides is 1. The number of likely N-dealkylation sites (N-methyl/N-ethyl adjacent to an activating group) is 1. The second-order valence-electron chi connectivity index (χ2n) is 11.8. The third-order valence-corrected chi connectivity index (χ3v) is 10.4. The number of piperidine rings is 1. The number of rotatable bonds is 8. The summed E-state index contributed by atoms with van der Waals surface area (Å²) in [4.78, 5) is 15.2. The van der Waals surface area contributed by atoms with Crippen molar-refractivity contribution in [3.8, 4) is 17.6 Å². The zero-order chi connectivity index (χ0) is 31.1. The number of benzene rings is 1. The molecule has 0 saturated carbocycles. The van der Waals surface area contributed by atoms with Crippen molar-refractivity contribution >= 4 is 42.3 Å². The summed E-state index contributed by atoms with van der Waals surface area (Å²) in [7, 11) is 3.67. The van der Waals surface area contributed by atoms with Gasteiger partial charge in [0.2, 0.25) is 0 Å². The number of nitrogens with one attached hydrogen (secondary N) is 3. The van der Waals surface area contributed by atoms with Gasteiger partial charge in [-0.3, -0.25) is 0 Å². The molecule has 3 fully saturated rings. The summed E-state index contributed by atoms with van der Waals surface area (Å²) in [6.07, 6.45) is 4.38. The van der Waals surface area contributed by atoms with Gasteiger partial charge in [0.05, 0.1) is 13.2 Å². The van der Waals surface area contributed by atoms with Crippen LogP contribution in [0.25, 0.3) is 5.52 Å². The van der Waals surface area contributed by atoms with Crippen molar-refractivity contribution in [2.24, 2.45) is 0 Å². The monoisotopic (exact) mass is 676 g/mol. The first-order valence-corrected chi connectivity index (χ1v) is 16.3. The SMILES string of the molecule is COc1ccc(C(=O)NC2(C)COC2)cc1NCC#Cc1nn2c(N[C@@H]3CC[C@@H]4CC[C@H]3N4C)cccc2c1[Se]C(F)(F)F. The second kappa shape index (κ2) is 12.2. The van der Waals surface area contributed by atoms with Gasteiger partial charge in [-0.25, -0.2) is 0 Å². The van der Waals surface area contributed by atoms with Crippen LogP contribution in [0.5, 0.6) is 5.75 Å². The molecule has 2 aromatic heterocycles. The predicted molar refractivity (Wildman–Crippen MR) is 163 cm³/mol. The Bertz CT molecular complexity index is 1610. The van der Waals surface area contributed by atoms with Gasteiger partial charge in [-0.05, 0) is 6.92 Å². The van der Waals surface area contributed by atoms with Gasteiger partial charge >= 0.3 is 236 Å². The van der Waals surface area contributed by atoms with Gasteiger partial charge in [-0.2, -0.15) is 0 Å². The zero-order valence-corrected chi connectivity index (χ0v) is 26.5. The molecule has 5 heterocycles. The average Bonchev–Trinajstić information content (AvgIpc) is 3.42. The number of pyridine rings is 1. The minimum absolute atomic E-state index is 0.0989. The molecule has 234 valence electrons. The van der Waals surface area contributed by atoms with E-state index in [0.29, 0.717) is 53.6 Å². The van der Waals surface area contributed by atoms with Crippen LogP contribution < -0.4 is 25.1 Å². The quantitative estimate of drug-likeness (QED) is 0.250. The van der Waals surface area contributed by atoms with Crippen molar-refractivity contribution in [1.29, 1.82) is 0 Å². The predicted octanol–water partition coefficient (Wildman–Crippen LogP) is 3.21. The third-order valence-electron chi connectivity index (χ3n) is 8.63. The van der Waals surface area contributed by atoms with Crippen molar-refractivity contribution in [3.05, 3.63) is 47.7 Å².